The van der Waals surface area contributed by atoms with Gasteiger partial charge in [0.15, 0.2) is 17.4 Å². The van der Waals surface area contributed by atoms with E-state index in [1.54, 1.807) is 12.1 Å². The molecule has 0 radical (unpaired) electrons. The highest BCUT2D eigenvalue weighted by atomic mass is 19.1. The Morgan fingerprint density at radius 3 is 2.60 bits per heavy atom. The summed E-state index contributed by atoms with van der Waals surface area (Å²) < 4.78 is 32.5. The maximum atomic E-state index is 13.7. The molecule has 0 aliphatic heterocycles. The standard InChI is InChI=1S/C14H11F2N3O/c15-11-4-9(6-17)5-12(16)14(11)20-8-10-2-1-3-19-13(10)7-18/h1-5H,6,8,17H2. The average Bonchev–Trinajstić information content (AvgIpc) is 2.46. The molecule has 0 saturated heterocycles. The summed E-state index contributed by atoms with van der Waals surface area (Å²) in [6.45, 7) is -0.109. The molecule has 102 valence electrons. The first kappa shape index (κ1) is 13.9. The first-order valence-electron chi connectivity index (χ1n) is 5.80. The predicted octanol–water partition coefficient (Wildman–Crippen LogP) is 2.27. The van der Waals surface area contributed by atoms with Crippen LogP contribution in [0, 0.1) is 23.0 Å². The van der Waals surface area contributed by atoms with E-state index in [1.807, 2.05) is 6.07 Å². The molecule has 0 aliphatic carbocycles. The fourth-order valence-corrected chi connectivity index (χ4v) is 1.67. The first-order chi connectivity index (χ1) is 9.65. The molecule has 4 nitrogen and oxygen atoms in total. The fraction of sp³-hybridized carbons (Fsp3) is 0.143. The van der Waals surface area contributed by atoms with Crippen LogP contribution in [0.4, 0.5) is 8.78 Å². The summed E-state index contributed by atoms with van der Waals surface area (Å²) >= 11 is 0. The van der Waals surface area contributed by atoms with Gasteiger partial charge in [-0.1, -0.05) is 6.07 Å². The van der Waals surface area contributed by atoms with Crippen LogP contribution in [0.3, 0.4) is 0 Å². The van der Waals surface area contributed by atoms with Gasteiger partial charge in [0, 0.05) is 18.3 Å². The van der Waals surface area contributed by atoms with Crippen molar-refractivity contribution in [1.82, 2.24) is 4.98 Å². The van der Waals surface area contributed by atoms with Crippen LogP contribution in [0.5, 0.6) is 5.75 Å². The highest BCUT2D eigenvalue weighted by Gasteiger charge is 2.13. The van der Waals surface area contributed by atoms with Crippen molar-refractivity contribution in [3.05, 3.63) is 58.9 Å². The van der Waals surface area contributed by atoms with Crippen LogP contribution in [0.15, 0.2) is 30.5 Å². The van der Waals surface area contributed by atoms with Gasteiger partial charge in [-0.25, -0.2) is 13.8 Å². The van der Waals surface area contributed by atoms with Crippen molar-refractivity contribution >= 4 is 0 Å². The Morgan fingerprint density at radius 2 is 2.00 bits per heavy atom. The van der Waals surface area contributed by atoms with Crippen LogP contribution >= 0.6 is 0 Å². The lowest BCUT2D eigenvalue weighted by Crippen LogP contribution is -2.05. The third-order valence-electron chi connectivity index (χ3n) is 2.66. The molecule has 0 spiro atoms. The minimum Gasteiger partial charge on any atom is -0.483 e. The second-order valence-electron chi connectivity index (χ2n) is 4.00. The molecule has 2 N–H and O–H groups in total. The summed E-state index contributed by atoms with van der Waals surface area (Å²) in [7, 11) is 0. The number of aromatic nitrogens is 1. The Labute approximate surface area is 114 Å². The Kier molecular flexibility index (Phi) is 4.23. The van der Waals surface area contributed by atoms with Gasteiger partial charge in [0.25, 0.3) is 0 Å². The molecule has 0 saturated carbocycles. The number of halogens is 2. The van der Waals surface area contributed by atoms with E-state index in [0.29, 0.717) is 11.1 Å². The van der Waals surface area contributed by atoms with Gasteiger partial charge in [0.1, 0.15) is 18.4 Å². The molecule has 0 unspecified atom stereocenters. The summed E-state index contributed by atoms with van der Waals surface area (Å²) in [5.41, 5.74) is 6.28. The summed E-state index contributed by atoms with van der Waals surface area (Å²) in [4.78, 5) is 3.84. The zero-order valence-corrected chi connectivity index (χ0v) is 10.4. The molecule has 2 aromatic rings. The van der Waals surface area contributed by atoms with Crippen LogP contribution in [0.2, 0.25) is 0 Å². The number of hydrogen-bond acceptors (Lipinski definition) is 4. The summed E-state index contributed by atoms with van der Waals surface area (Å²) in [5, 5.41) is 8.86. The molecule has 0 atom stereocenters. The van der Waals surface area contributed by atoms with Crippen LogP contribution in [0.1, 0.15) is 16.8 Å². The van der Waals surface area contributed by atoms with Crippen LogP contribution in [0.25, 0.3) is 0 Å². The number of nitrogens with two attached hydrogens (primary N) is 1. The number of hydrogen-bond donors (Lipinski definition) is 1. The van der Waals surface area contributed by atoms with Gasteiger partial charge in [0.2, 0.25) is 0 Å². The lowest BCUT2D eigenvalue weighted by molar-refractivity contribution is 0.273. The monoisotopic (exact) mass is 275 g/mol. The third kappa shape index (κ3) is 2.90. The van der Waals surface area contributed by atoms with E-state index in [4.69, 9.17) is 15.7 Å². The molecule has 0 amide bonds. The second kappa shape index (κ2) is 6.08. The van der Waals surface area contributed by atoms with Crippen molar-refractivity contribution in [3.63, 3.8) is 0 Å². The highest BCUT2D eigenvalue weighted by Crippen LogP contribution is 2.24. The molecule has 20 heavy (non-hydrogen) atoms. The summed E-state index contributed by atoms with van der Waals surface area (Å²) in [5.74, 6) is -2.14. The van der Waals surface area contributed by atoms with Gasteiger partial charge in [-0.2, -0.15) is 5.26 Å². The number of ether oxygens (including phenoxy) is 1. The molecule has 0 aliphatic rings. The molecule has 2 rings (SSSR count). The number of nitrogens with zero attached hydrogens (tertiary/aromatic N) is 2. The largest absolute Gasteiger partial charge is 0.483 e. The zero-order valence-electron chi connectivity index (χ0n) is 10.4. The van der Waals surface area contributed by atoms with Gasteiger partial charge in [-0.3, -0.25) is 0 Å². The van der Waals surface area contributed by atoms with E-state index < -0.39 is 17.4 Å². The van der Waals surface area contributed by atoms with E-state index >= 15 is 0 Å². The molecule has 1 aromatic heterocycles. The number of pyridine rings is 1. The summed E-state index contributed by atoms with van der Waals surface area (Å²) in [6.07, 6.45) is 1.46. The van der Waals surface area contributed by atoms with E-state index in [-0.39, 0.29) is 18.8 Å². The SMILES string of the molecule is N#Cc1ncccc1COc1c(F)cc(CN)cc1F. The molecular weight excluding hydrogens is 264 g/mol. The maximum Gasteiger partial charge on any atom is 0.191 e. The number of nitriles is 1. The Morgan fingerprint density at radius 1 is 1.30 bits per heavy atom. The third-order valence-corrected chi connectivity index (χ3v) is 2.66. The average molecular weight is 275 g/mol. The number of benzene rings is 1. The van der Waals surface area contributed by atoms with E-state index in [0.717, 1.165) is 12.1 Å². The lowest BCUT2D eigenvalue weighted by Gasteiger charge is -2.10. The van der Waals surface area contributed by atoms with Crippen LogP contribution in [-0.2, 0) is 13.2 Å². The Hall–Kier alpha value is -2.52. The van der Waals surface area contributed by atoms with Crippen LogP contribution < -0.4 is 10.5 Å². The van der Waals surface area contributed by atoms with Gasteiger partial charge in [0.05, 0.1) is 0 Å². The lowest BCUT2D eigenvalue weighted by atomic mass is 10.2. The quantitative estimate of drug-likeness (QED) is 0.929. The van der Waals surface area contributed by atoms with Crippen molar-refractivity contribution < 1.29 is 13.5 Å². The van der Waals surface area contributed by atoms with Crippen molar-refractivity contribution in [2.45, 2.75) is 13.2 Å². The molecular formula is C14H11F2N3O. The van der Waals surface area contributed by atoms with Crippen molar-refractivity contribution in [3.8, 4) is 11.8 Å². The summed E-state index contributed by atoms with van der Waals surface area (Å²) in [6, 6.07) is 7.34. The van der Waals surface area contributed by atoms with Crippen molar-refractivity contribution in [2.75, 3.05) is 0 Å². The maximum absolute atomic E-state index is 13.7. The second-order valence-corrected chi connectivity index (χ2v) is 4.00. The predicted molar refractivity (Wildman–Crippen MR) is 67.5 cm³/mol. The van der Waals surface area contributed by atoms with E-state index in [2.05, 4.69) is 4.98 Å². The molecule has 6 heteroatoms. The highest BCUT2D eigenvalue weighted by molar-refractivity contribution is 5.33. The Balaban J connectivity index is 2.22. The van der Waals surface area contributed by atoms with Gasteiger partial charge < -0.3 is 10.5 Å². The van der Waals surface area contributed by atoms with E-state index in [9.17, 15) is 8.78 Å². The molecule has 0 fully saturated rings. The molecule has 1 aromatic carbocycles. The zero-order chi connectivity index (χ0) is 14.5. The minimum atomic E-state index is -0.826. The molecule has 1 heterocycles. The number of rotatable bonds is 4. The topological polar surface area (TPSA) is 71.9 Å². The van der Waals surface area contributed by atoms with Gasteiger partial charge in [-0.05, 0) is 23.8 Å². The Bertz CT molecular complexity index is 645. The van der Waals surface area contributed by atoms with Crippen molar-refractivity contribution in [2.24, 2.45) is 5.73 Å². The minimum absolute atomic E-state index is 0.0370. The molecule has 0 bridgehead atoms. The van der Waals surface area contributed by atoms with Gasteiger partial charge in [-0.15, -0.1) is 0 Å². The van der Waals surface area contributed by atoms with E-state index in [1.165, 1.54) is 6.20 Å². The van der Waals surface area contributed by atoms with Crippen LogP contribution in [-0.4, -0.2) is 4.98 Å². The first-order valence-corrected chi connectivity index (χ1v) is 5.80. The van der Waals surface area contributed by atoms with Crippen molar-refractivity contribution in [1.29, 1.82) is 5.26 Å². The fourth-order valence-electron chi connectivity index (χ4n) is 1.67. The normalized spacial score (nSPS) is 10.1. The van der Waals surface area contributed by atoms with Gasteiger partial charge >= 0.3 is 0 Å². The smallest absolute Gasteiger partial charge is 0.191 e.